The second-order valence-electron chi connectivity index (χ2n) is 2.92. The van der Waals surface area contributed by atoms with Gasteiger partial charge in [0, 0.05) is 11.5 Å². The maximum absolute atomic E-state index is 12.4. The summed E-state index contributed by atoms with van der Waals surface area (Å²) in [6.07, 6.45) is -4.48. The highest BCUT2D eigenvalue weighted by Crippen LogP contribution is 2.32. The van der Waals surface area contributed by atoms with Gasteiger partial charge in [0.05, 0.1) is 10.5 Å². The maximum Gasteiger partial charge on any atom is 0.433 e. The number of hydrogen-bond donors (Lipinski definition) is 0. The van der Waals surface area contributed by atoms with Crippen LogP contribution in [0.3, 0.4) is 0 Å². The van der Waals surface area contributed by atoms with E-state index in [-0.39, 0.29) is 10.5 Å². The van der Waals surface area contributed by atoms with E-state index >= 15 is 0 Å². The van der Waals surface area contributed by atoms with E-state index in [9.17, 15) is 13.2 Å². The van der Waals surface area contributed by atoms with Crippen molar-refractivity contribution >= 4 is 22.5 Å². The van der Waals surface area contributed by atoms with Gasteiger partial charge in [-0.3, -0.25) is 0 Å². The van der Waals surface area contributed by atoms with Crippen molar-refractivity contribution in [1.82, 2.24) is 4.98 Å². The Bertz CT molecular complexity index is 507. The molecule has 2 rings (SSSR count). The number of pyridine rings is 1. The SMILES string of the molecule is FC(F)(F)c1cc(Cl)c2ccc[c]c2n1. The van der Waals surface area contributed by atoms with Gasteiger partial charge >= 0.3 is 6.18 Å². The van der Waals surface area contributed by atoms with E-state index < -0.39 is 11.9 Å². The Labute approximate surface area is 88.5 Å². The fourth-order valence-electron chi connectivity index (χ4n) is 1.21. The molecule has 1 heterocycles. The van der Waals surface area contributed by atoms with E-state index in [4.69, 9.17) is 11.6 Å². The molecule has 0 amide bonds. The monoisotopic (exact) mass is 230 g/mol. The lowest BCUT2D eigenvalue weighted by Crippen LogP contribution is -2.07. The zero-order valence-corrected chi connectivity index (χ0v) is 8.02. The zero-order valence-electron chi connectivity index (χ0n) is 7.27. The summed E-state index contributed by atoms with van der Waals surface area (Å²) >= 11 is 5.71. The Balaban J connectivity index is 2.73. The van der Waals surface area contributed by atoms with Gasteiger partial charge in [-0.1, -0.05) is 29.8 Å². The first-order chi connectivity index (χ1) is 6.98. The molecule has 2 aromatic rings. The van der Waals surface area contributed by atoms with Crippen molar-refractivity contribution in [3.8, 4) is 0 Å². The Hall–Kier alpha value is -1.29. The molecule has 1 aromatic carbocycles. The molecule has 0 fully saturated rings. The molecule has 0 bridgehead atoms. The van der Waals surface area contributed by atoms with Crippen molar-refractivity contribution in [2.45, 2.75) is 6.18 Å². The van der Waals surface area contributed by atoms with Crippen LogP contribution in [0.5, 0.6) is 0 Å². The second-order valence-corrected chi connectivity index (χ2v) is 3.33. The molecule has 5 heteroatoms. The lowest BCUT2D eigenvalue weighted by Gasteiger charge is -2.07. The number of benzene rings is 1. The third-order valence-electron chi connectivity index (χ3n) is 1.88. The molecule has 1 aromatic heterocycles. The van der Waals surface area contributed by atoms with Gasteiger partial charge in [0.2, 0.25) is 0 Å². The Morgan fingerprint density at radius 3 is 2.73 bits per heavy atom. The Morgan fingerprint density at radius 1 is 1.33 bits per heavy atom. The number of alkyl halides is 3. The molecule has 0 spiro atoms. The van der Waals surface area contributed by atoms with Gasteiger partial charge in [0.15, 0.2) is 0 Å². The van der Waals surface area contributed by atoms with E-state index in [1.54, 1.807) is 12.1 Å². The highest BCUT2D eigenvalue weighted by molar-refractivity contribution is 6.35. The second kappa shape index (κ2) is 3.38. The van der Waals surface area contributed by atoms with Crippen LogP contribution in [0.25, 0.3) is 10.9 Å². The first kappa shape index (κ1) is 10.2. The van der Waals surface area contributed by atoms with Crippen molar-refractivity contribution in [3.63, 3.8) is 0 Å². The molecule has 77 valence electrons. The average molecular weight is 231 g/mol. The van der Waals surface area contributed by atoms with Crippen molar-refractivity contribution in [1.29, 1.82) is 0 Å². The van der Waals surface area contributed by atoms with Gasteiger partial charge in [0.25, 0.3) is 0 Å². The molecular weight excluding hydrogens is 227 g/mol. The highest BCUT2D eigenvalue weighted by Gasteiger charge is 2.33. The Morgan fingerprint density at radius 2 is 2.07 bits per heavy atom. The summed E-state index contributed by atoms with van der Waals surface area (Å²) in [5.41, 5.74) is -0.875. The van der Waals surface area contributed by atoms with E-state index in [0.29, 0.717) is 5.39 Å². The van der Waals surface area contributed by atoms with Crippen molar-refractivity contribution < 1.29 is 13.2 Å². The summed E-state index contributed by atoms with van der Waals surface area (Å²) in [6.45, 7) is 0. The zero-order chi connectivity index (χ0) is 11.1. The minimum absolute atomic E-state index is 0.0316. The number of nitrogens with zero attached hydrogens (tertiary/aromatic N) is 1. The summed E-state index contributed by atoms with van der Waals surface area (Å²) in [5, 5.41) is 0.497. The summed E-state index contributed by atoms with van der Waals surface area (Å²) < 4.78 is 37.1. The van der Waals surface area contributed by atoms with E-state index in [1.807, 2.05) is 0 Å². The van der Waals surface area contributed by atoms with Gasteiger partial charge < -0.3 is 0 Å². The quantitative estimate of drug-likeness (QED) is 0.672. The highest BCUT2D eigenvalue weighted by atomic mass is 35.5. The summed E-state index contributed by atoms with van der Waals surface area (Å²) in [4.78, 5) is 3.44. The molecule has 0 N–H and O–H groups in total. The minimum atomic E-state index is -4.48. The molecule has 1 nitrogen and oxygen atoms in total. The van der Waals surface area contributed by atoms with Crippen LogP contribution < -0.4 is 0 Å². The molecule has 0 unspecified atom stereocenters. The molecule has 0 saturated carbocycles. The van der Waals surface area contributed by atoms with Crippen LogP contribution >= 0.6 is 11.6 Å². The van der Waals surface area contributed by atoms with Gasteiger partial charge in [-0.25, -0.2) is 4.98 Å². The molecule has 0 saturated heterocycles. The predicted octanol–water partition coefficient (Wildman–Crippen LogP) is 3.71. The van der Waals surface area contributed by atoms with Gasteiger partial charge in [0.1, 0.15) is 5.69 Å². The smallest absolute Gasteiger partial charge is 0.243 e. The normalized spacial score (nSPS) is 12.0. The molecule has 1 radical (unpaired) electrons. The van der Waals surface area contributed by atoms with Gasteiger partial charge in [-0.05, 0) is 6.07 Å². The third kappa shape index (κ3) is 1.90. The van der Waals surface area contributed by atoms with Crippen molar-refractivity contribution in [3.05, 3.63) is 41.0 Å². The van der Waals surface area contributed by atoms with Crippen molar-refractivity contribution in [2.75, 3.05) is 0 Å². The Kier molecular flexibility index (Phi) is 2.31. The van der Waals surface area contributed by atoms with Crippen LogP contribution in [-0.2, 0) is 6.18 Å². The summed E-state index contributed by atoms with van der Waals surface area (Å²) in [7, 11) is 0. The molecular formula is C10H4ClF3N. The van der Waals surface area contributed by atoms with Crippen LogP contribution in [0, 0.1) is 6.07 Å². The first-order valence-corrected chi connectivity index (χ1v) is 4.40. The molecule has 0 aliphatic rings. The van der Waals surface area contributed by atoms with Gasteiger partial charge in [-0.15, -0.1) is 0 Å². The van der Waals surface area contributed by atoms with Crippen LogP contribution in [0.2, 0.25) is 5.02 Å². The topological polar surface area (TPSA) is 12.9 Å². The number of para-hydroxylation sites is 1. The van der Waals surface area contributed by atoms with E-state index in [2.05, 4.69) is 11.1 Å². The maximum atomic E-state index is 12.4. The number of aromatic nitrogens is 1. The van der Waals surface area contributed by atoms with Crippen LogP contribution in [0.4, 0.5) is 13.2 Å². The number of hydrogen-bond acceptors (Lipinski definition) is 1. The van der Waals surface area contributed by atoms with Crippen LogP contribution in [0.1, 0.15) is 5.69 Å². The number of halogens is 4. The lowest BCUT2D eigenvalue weighted by atomic mass is 10.2. The third-order valence-corrected chi connectivity index (χ3v) is 2.19. The van der Waals surface area contributed by atoms with Crippen LogP contribution in [0.15, 0.2) is 24.3 Å². The fourth-order valence-corrected chi connectivity index (χ4v) is 1.46. The predicted molar refractivity (Wildman–Crippen MR) is 50.6 cm³/mol. The minimum Gasteiger partial charge on any atom is -0.243 e. The largest absolute Gasteiger partial charge is 0.433 e. The fraction of sp³-hybridized carbons (Fsp3) is 0.100. The van der Waals surface area contributed by atoms with E-state index in [0.717, 1.165) is 6.07 Å². The van der Waals surface area contributed by atoms with Crippen molar-refractivity contribution in [2.24, 2.45) is 0 Å². The standard InChI is InChI=1S/C10H4ClF3N/c11-7-5-9(10(12,13)14)15-8-4-2-1-3-6(7)8/h1-3,5H. The lowest BCUT2D eigenvalue weighted by molar-refractivity contribution is -0.140. The number of fused-ring (bicyclic) bond motifs is 1. The van der Waals surface area contributed by atoms with Gasteiger partial charge in [-0.2, -0.15) is 13.2 Å². The summed E-state index contributed by atoms with van der Waals surface area (Å²) in [5.74, 6) is 0. The molecule has 0 atom stereocenters. The van der Waals surface area contributed by atoms with Crippen LogP contribution in [-0.4, -0.2) is 4.98 Å². The number of rotatable bonds is 0. The van der Waals surface area contributed by atoms with E-state index in [1.165, 1.54) is 6.07 Å². The molecule has 15 heavy (non-hydrogen) atoms. The first-order valence-electron chi connectivity index (χ1n) is 4.02. The average Bonchev–Trinajstić information content (AvgIpc) is 2.16. The molecule has 0 aliphatic carbocycles. The summed E-state index contributed by atoms with van der Waals surface area (Å²) in [6, 6.07) is 8.16. The molecule has 0 aliphatic heterocycles.